The number of hydrogen-bond acceptors (Lipinski definition) is 3. The fraction of sp³-hybridized carbons (Fsp3) is 0.300. The molecule has 0 amide bonds. The second-order valence-corrected chi connectivity index (χ2v) is 2.82. The van der Waals surface area contributed by atoms with Crippen molar-refractivity contribution >= 4 is 11.5 Å². The standard InChI is InChI=1S/C10H13NO3/c1-11-5-4-8(6-11)9(7-13-2)10(12)14-3/h4-7H,1-3H3. The molecule has 4 heteroatoms. The second kappa shape index (κ2) is 4.50. The van der Waals surface area contributed by atoms with Gasteiger partial charge in [0, 0.05) is 25.0 Å². The molecule has 0 saturated carbocycles. The van der Waals surface area contributed by atoms with Gasteiger partial charge in [0.1, 0.15) is 5.57 Å². The summed E-state index contributed by atoms with van der Waals surface area (Å²) in [5, 5.41) is 0. The molecule has 0 saturated heterocycles. The summed E-state index contributed by atoms with van der Waals surface area (Å²) in [5.41, 5.74) is 1.19. The average molecular weight is 195 g/mol. The van der Waals surface area contributed by atoms with Gasteiger partial charge in [-0.1, -0.05) is 0 Å². The first-order chi connectivity index (χ1) is 6.69. The van der Waals surface area contributed by atoms with Gasteiger partial charge in [-0.05, 0) is 6.07 Å². The number of aromatic nitrogens is 1. The molecule has 0 spiro atoms. The third-order valence-electron chi connectivity index (χ3n) is 1.78. The van der Waals surface area contributed by atoms with Crippen molar-refractivity contribution in [1.82, 2.24) is 4.57 Å². The first-order valence-electron chi connectivity index (χ1n) is 4.12. The van der Waals surface area contributed by atoms with Crippen LogP contribution in [0.1, 0.15) is 5.56 Å². The van der Waals surface area contributed by atoms with Gasteiger partial charge in [0.15, 0.2) is 0 Å². The molecule has 0 aliphatic carbocycles. The van der Waals surface area contributed by atoms with E-state index in [4.69, 9.17) is 4.74 Å². The van der Waals surface area contributed by atoms with Crippen LogP contribution < -0.4 is 0 Å². The lowest BCUT2D eigenvalue weighted by atomic mass is 10.1. The van der Waals surface area contributed by atoms with Crippen LogP contribution in [0.4, 0.5) is 0 Å². The molecule has 0 N–H and O–H groups in total. The molecule has 14 heavy (non-hydrogen) atoms. The number of nitrogens with zero attached hydrogens (tertiary/aromatic N) is 1. The van der Waals surface area contributed by atoms with Crippen molar-refractivity contribution < 1.29 is 14.3 Å². The topological polar surface area (TPSA) is 40.5 Å². The number of carbonyl (C=O) groups is 1. The van der Waals surface area contributed by atoms with E-state index >= 15 is 0 Å². The highest BCUT2D eigenvalue weighted by molar-refractivity contribution is 6.16. The Morgan fingerprint density at radius 3 is 2.64 bits per heavy atom. The Morgan fingerprint density at radius 2 is 2.21 bits per heavy atom. The molecule has 0 radical (unpaired) electrons. The largest absolute Gasteiger partial charge is 0.503 e. The number of aryl methyl sites for hydroxylation is 1. The number of hydrogen-bond donors (Lipinski definition) is 0. The summed E-state index contributed by atoms with van der Waals surface area (Å²) in [6.45, 7) is 0. The molecule has 0 aromatic carbocycles. The van der Waals surface area contributed by atoms with Crippen LogP contribution in [-0.4, -0.2) is 24.8 Å². The minimum atomic E-state index is -0.405. The van der Waals surface area contributed by atoms with Gasteiger partial charge in [-0.3, -0.25) is 0 Å². The molecule has 0 unspecified atom stereocenters. The van der Waals surface area contributed by atoms with E-state index in [2.05, 4.69) is 4.74 Å². The molecule has 0 aliphatic rings. The number of methoxy groups -OCH3 is 2. The average Bonchev–Trinajstić information content (AvgIpc) is 2.60. The molecular weight excluding hydrogens is 182 g/mol. The number of carbonyl (C=O) groups excluding carboxylic acids is 1. The molecule has 1 rings (SSSR count). The van der Waals surface area contributed by atoms with E-state index in [0.29, 0.717) is 5.57 Å². The summed E-state index contributed by atoms with van der Waals surface area (Å²) in [7, 11) is 4.71. The van der Waals surface area contributed by atoms with Crippen molar-refractivity contribution in [1.29, 1.82) is 0 Å². The van der Waals surface area contributed by atoms with Gasteiger partial charge in [0.05, 0.1) is 20.5 Å². The van der Waals surface area contributed by atoms with Gasteiger partial charge in [-0.2, -0.15) is 0 Å². The molecule has 0 fully saturated rings. The Morgan fingerprint density at radius 1 is 1.50 bits per heavy atom. The van der Waals surface area contributed by atoms with Crippen molar-refractivity contribution in [2.24, 2.45) is 7.05 Å². The zero-order chi connectivity index (χ0) is 10.6. The summed E-state index contributed by atoms with van der Waals surface area (Å²) in [5.74, 6) is -0.405. The lowest BCUT2D eigenvalue weighted by Gasteiger charge is -2.02. The van der Waals surface area contributed by atoms with Crippen LogP contribution in [0.2, 0.25) is 0 Å². The van der Waals surface area contributed by atoms with Crippen molar-refractivity contribution in [3.8, 4) is 0 Å². The third kappa shape index (κ3) is 2.16. The Bertz CT molecular complexity index is 352. The highest BCUT2D eigenvalue weighted by Gasteiger charge is 2.13. The molecule has 4 nitrogen and oxygen atoms in total. The van der Waals surface area contributed by atoms with E-state index in [-0.39, 0.29) is 0 Å². The van der Waals surface area contributed by atoms with Crippen molar-refractivity contribution in [3.05, 3.63) is 30.3 Å². The van der Waals surface area contributed by atoms with Crippen LogP contribution in [0.3, 0.4) is 0 Å². The van der Waals surface area contributed by atoms with E-state index in [9.17, 15) is 4.79 Å². The molecule has 1 heterocycles. The Kier molecular flexibility index (Phi) is 3.34. The quantitative estimate of drug-likeness (QED) is 0.413. The van der Waals surface area contributed by atoms with Crippen molar-refractivity contribution in [2.45, 2.75) is 0 Å². The maximum absolute atomic E-state index is 11.3. The summed E-state index contributed by atoms with van der Waals surface area (Å²) in [6, 6.07) is 1.82. The lowest BCUT2D eigenvalue weighted by molar-refractivity contribution is -0.133. The van der Waals surface area contributed by atoms with Gasteiger partial charge in [0.2, 0.25) is 0 Å². The zero-order valence-electron chi connectivity index (χ0n) is 8.48. The normalized spacial score (nSPS) is 11.2. The Balaban J connectivity index is 3.00. The van der Waals surface area contributed by atoms with Gasteiger partial charge >= 0.3 is 5.97 Å². The smallest absolute Gasteiger partial charge is 0.341 e. The van der Waals surface area contributed by atoms with Crippen molar-refractivity contribution in [3.63, 3.8) is 0 Å². The predicted molar refractivity (Wildman–Crippen MR) is 52.4 cm³/mol. The molecule has 76 valence electrons. The molecule has 0 bridgehead atoms. The molecular formula is C10H13NO3. The fourth-order valence-electron chi connectivity index (χ4n) is 1.12. The van der Waals surface area contributed by atoms with Gasteiger partial charge in [-0.25, -0.2) is 4.79 Å². The number of rotatable bonds is 3. The first kappa shape index (κ1) is 10.4. The van der Waals surface area contributed by atoms with Crippen LogP contribution in [0.5, 0.6) is 0 Å². The monoisotopic (exact) mass is 195 g/mol. The maximum Gasteiger partial charge on any atom is 0.341 e. The minimum absolute atomic E-state index is 0.405. The van der Waals surface area contributed by atoms with Crippen LogP contribution in [0.15, 0.2) is 24.7 Å². The van der Waals surface area contributed by atoms with Crippen LogP contribution in [0.25, 0.3) is 5.57 Å². The van der Waals surface area contributed by atoms with Gasteiger partial charge < -0.3 is 14.0 Å². The van der Waals surface area contributed by atoms with Gasteiger partial charge in [0.25, 0.3) is 0 Å². The highest BCUT2D eigenvalue weighted by Crippen LogP contribution is 2.15. The third-order valence-corrected chi connectivity index (χ3v) is 1.78. The highest BCUT2D eigenvalue weighted by atomic mass is 16.5. The molecule has 0 atom stereocenters. The molecule has 1 aromatic heterocycles. The minimum Gasteiger partial charge on any atom is -0.503 e. The van der Waals surface area contributed by atoms with E-state index in [1.54, 1.807) is 0 Å². The van der Waals surface area contributed by atoms with E-state index in [1.807, 2.05) is 30.1 Å². The summed E-state index contributed by atoms with van der Waals surface area (Å²) in [6.07, 6.45) is 5.05. The van der Waals surface area contributed by atoms with E-state index in [1.165, 1.54) is 20.5 Å². The van der Waals surface area contributed by atoms with Gasteiger partial charge in [-0.15, -0.1) is 0 Å². The zero-order valence-corrected chi connectivity index (χ0v) is 8.48. The fourth-order valence-corrected chi connectivity index (χ4v) is 1.12. The SMILES string of the molecule is COC=C(C(=O)OC)c1ccn(C)c1. The predicted octanol–water partition coefficient (Wildman–Crippen LogP) is 1.19. The van der Waals surface area contributed by atoms with Crippen molar-refractivity contribution in [2.75, 3.05) is 14.2 Å². The molecule has 0 aliphatic heterocycles. The second-order valence-electron chi connectivity index (χ2n) is 2.82. The van der Waals surface area contributed by atoms with Crippen LogP contribution in [0, 0.1) is 0 Å². The molecule has 1 aromatic rings. The summed E-state index contributed by atoms with van der Waals surface area (Å²) in [4.78, 5) is 11.3. The summed E-state index contributed by atoms with van der Waals surface area (Å²) < 4.78 is 11.3. The summed E-state index contributed by atoms with van der Waals surface area (Å²) >= 11 is 0. The van der Waals surface area contributed by atoms with E-state index < -0.39 is 5.97 Å². The Hall–Kier alpha value is -1.71. The number of esters is 1. The first-order valence-corrected chi connectivity index (χ1v) is 4.12. The van der Waals surface area contributed by atoms with E-state index in [0.717, 1.165) is 5.56 Å². The number of ether oxygens (including phenoxy) is 2. The lowest BCUT2D eigenvalue weighted by Crippen LogP contribution is -2.03. The Labute approximate surface area is 82.7 Å². The van der Waals surface area contributed by atoms with Crippen LogP contribution in [-0.2, 0) is 21.3 Å². The van der Waals surface area contributed by atoms with Crippen LogP contribution >= 0.6 is 0 Å². The maximum atomic E-state index is 11.3.